The van der Waals surface area contributed by atoms with Crippen LogP contribution in [0.5, 0.6) is 0 Å². The number of hydrogen-bond donors (Lipinski definition) is 2. The summed E-state index contributed by atoms with van der Waals surface area (Å²) in [6, 6.07) is 6.61. The summed E-state index contributed by atoms with van der Waals surface area (Å²) in [6.45, 7) is 4.49. The summed E-state index contributed by atoms with van der Waals surface area (Å²) >= 11 is 0. The summed E-state index contributed by atoms with van der Waals surface area (Å²) in [6.07, 6.45) is 2.48. The predicted octanol–water partition coefficient (Wildman–Crippen LogP) is 0.948. The number of rotatable bonds is 5. The third kappa shape index (κ3) is 3.32. The van der Waals surface area contributed by atoms with Gasteiger partial charge in [-0.15, -0.1) is 0 Å². The third-order valence-corrected chi connectivity index (χ3v) is 3.38. The quantitative estimate of drug-likeness (QED) is 0.785. The van der Waals surface area contributed by atoms with E-state index in [0.29, 0.717) is 6.04 Å². The molecular formula is C14H19N3O2. The number of ether oxygens (including phenoxy) is 1. The van der Waals surface area contributed by atoms with Crippen LogP contribution >= 0.6 is 0 Å². The zero-order chi connectivity index (χ0) is 12.9. The topological polar surface area (TPSA) is 59.3 Å². The van der Waals surface area contributed by atoms with Gasteiger partial charge in [-0.05, 0) is 30.7 Å². The first kappa shape index (κ1) is 12.6. The maximum absolute atomic E-state index is 5.41. The molecule has 1 fully saturated rings. The lowest BCUT2D eigenvalue weighted by molar-refractivity contribution is 0.0768. The van der Waals surface area contributed by atoms with Gasteiger partial charge in [-0.25, -0.2) is 4.98 Å². The first-order valence-electron chi connectivity index (χ1n) is 6.76. The molecule has 1 aromatic heterocycles. The molecule has 102 valence electrons. The fourth-order valence-corrected chi connectivity index (χ4v) is 2.31. The summed E-state index contributed by atoms with van der Waals surface area (Å²) in [5.74, 6) is 0. The van der Waals surface area contributed by atoms with Crippen molar-refractivity contribution >= 4 is 11.1 Å². The van der Waals surface area contributed by atoms with E-state index in [4.69, 9.17) is 9.15 Å². The summed E-state index contributed by atoms with van der Waals surface area (Å²) in [7, 11) is 0. The molecule has 1 aromatic carbocycles. The maximum atomic E-state index is 5.41. The molecule has 5 nitrogen and oxygen atoms in total. The van der Waals surface area contributed by atoms with Gasteiger partial charge in [0.1, 0.15) is 5.52 Å². The van der Waals surface area contributed by atoms with Crippen molar-refractivity contribution in [3.05, 3.63) is 30.2 Å². The Hall–Kier alpha value is -1.43. The number of benzene rings is 1. The SMILES string of the molecule is c1nc2ccc(CCNCC3COCCN3)cc2o1. The molecule has 2 heterocycles. The Balaban J connectivity index is 1.43. The maximum Gasteiger partial charge on any atom is 0.181 e. The van der Waals surface area contributed by atoms with Crippen LogP contribution in [0.4, 0.5) is 0 Å². The van der Waals surface area contributed by atoms with Crippen molar-refractivity contribution in [2.45, 2.75) is 12.5 Å². The van der Waals surface area contributed by atoms with E-state index < -0.39 is 0 Å². The summed E-state index contributed by atoms with van der Waals surface area (Å²) < 4.78 is 10.7. The fraction of sp³-hybridized carbons (Fsp3) is 0.500. The summed E-state index contributed by atoms with van der Waals surface area (Å²) in [5, 5.41) is 6.88. The molecule has 0 bridgehead atoms. The summed E-state index contributed by atoms with van der Waals surface area (Å²) in [5.41, 5.74) is 3.05. The summed E-state index contributed by atoms with van der Waals surface area (Å²) in [4.78, 5) is 4.11. The normalized spacial score (nSPS) is 19.9. The van der Waals surface area contributed by atoms with Gasteiger partial charge in [0.05, 0.1) is 13.2 Å². The molecule has 2 aromatic rings. The molecule has 2 N–H and O–H groups in total. The standard InChI is InChI=1S/C14H19N3O2/c1-2-13-14(19-10-17-13)7-11(1)3-4-15-8-12-9-18-6-5-16-12/h1-2,7,10,12,15-16H,3-6,8-9H2. The number of nitrogens with one attached hydrogen (secondary N) is 2. The van der Waals surface area contributed by atoms with Gasteiger partial charge in [0.15, 0.2) is 12.0 Å². The van der Waals surface area contributed by atoms with Crippen LogP contribution in [0.15, 0.2) is 29.0 Å². The highest BCUT2D eigenvalue weighted by Gasteiger charge is 2.11. The van der Waals surface area contributed by atoms with E-state index in [2.05, 4.69) is 27.8 Å². The van der Waals surface area contributed by atoms with Crippen LogP contribution in [-0.2, 0) is 11.2 Å². The van der Waals surface area contributed by atoms with Crippen molar-refractivity contribution in [2.24, 2.45) is 0 Å². The van der Waals surface area contributed by atoms with Crippen molar-refractivity contribution in [1.82, 2.24) is 15.6 Å². The molecule has 0 aliphatic carbocycles. The van der Waals surface area contributed by atoms with Crippen molar-refractivity contribution in [1.29, 1.82) is 0 Å². The molecule has 1 atom stereocenters. The molecule has 0 spiro atoms. The highest BCUT2D eigenvalue weighted by atomic mass is 16.5. The van der Waals surface area contributed by atoms with E-state index in [1.54, 1.807) is 0 Å². The fourth-order valence-electron chi connectivity index (χ4n) is 2.31. The second-order valence-electron chi connectivity index (χ2n) is 4.83. The van der Waals surface area contributed by atoms with Crippen LogP contribution in [0, 0.1) is 0 Å². The van der Waals surface area contributed by atoms with Crippen LogP contribution < -0.4 is 10.6 Å². The number of fused-ring (bicyclic) bond motifs is 1. The van der Waals surface area contributed by atoms with Crippen molar-refractivity contribution in [3.8, 4) is 0 Å². The molecule has 1 saturated heterocycles. The number of aromatic nitrogens is 1. The average molecular weight is 261 g/mol. The van der Waals surface area contributed by atoms with Crippen LogP contribution in [-0.4, -0.2) is 43.9 Å². The van der Waals surface area contributed by atoms with Gasteiger partial charge < -0.3 is 19.8 Å². The Bertz CT molecular complexity index is 520. The highest BCUT2D eigenvalue weighted by molar-refractivity contribution is 5.72. The molecule has 0 radical (unpaired) electrons. The number of oxazole rings is 1. The smallest absolute Gasteiger partial charge is 0.181 e. The molecule has 19 heavy (non-hydrogen) atoms. The van der Waals surface area contributed by atoms with Gasteiger partial charge in [0.25, 0.3) is 0 Å². The average Bonchev–Trinajstić information content (AvgIpc) is 2.92. The number of hydrogen-bond acceptors (Lipinski definition) is 5. The molecule has 5 heteroatoms. The number of nitrogens with zero attached hydrogens (tertiary/aromatic N) is 1. The van der Waals surface area contributed by atoms with E-state index in [0.717, 1.165) is 50.4 Å². The second kappa shape index (κ2) is 6.14. The molecule has 1 unspecified atom stereocenters. The molecular weight excluding hydrogens is 242 g/mol. The van der Waals surface area contributed by atoms with E-state index in [-0.39, 0.29) is 0 Å². The van der Waals surface area contributed by atoms with Crippen molar-refractivity contribution < 1.29 is 9.15 Å². The lowest BCUT2D eigenvalue weighted by Gasteiger charge is -2.24. The molecule has 3 rings (SSSR count). The second-order valence-corrected chi connectivity index (χ2v) is 4.83. The number of morpholine rings is 1. The first-order chi connectivity index (χ1) is 9.42. The van der Waals surface area contributed by atoms with E-state index >= 15 is 0 Å². The zero-order valence-corrected chi connectivity index (χ0v) is 10.9. The Morgan fingerprint density at radius 3 is 3.32 bits per heavy atom. The predicted molar refractivity (Wildman–Crippen MR) is 73.2 cm³/mol. The van der Waals surface area contributed by atoms with Crippen LogP contribution in [0.25, 0.3) is 11.1 Å². The minimum atomic E-state index is 0.436. The van der Waals surface area contributed by atoms with Crippen LogP contribution in [0.2, 0.25) is 0 Å². The van der Waals surface area contributed by atoms with Gasteiger partial charge in [0, 0.05) is 19.1 Å². The van der Waals surface area contributed by atoms with Crippen LogP contribution in [0.3, 0.4) is 0 Å². The van der Waals surface area contributed by atoms with E-state index in [1.165, 1.54) is 12.0 Å². The van der Waals surface area contributed by atoms with Crippen molar-refractivity contribution in [2.75, 3.05) is 32.8 Å². The van der Waals surface area contributed by atoms with E-state index in [1.807, 2.05) is 6.07 Å². The lowest BCUT2D eigenvalue weighted by Crippen LogP contribution is -2.47. The Morgan fingerprint density at radius 2 is 2.42 bits per heavy atom. The van der Waals surface area contributed by atoms with Gasteiger partial charge in [-0.3, -0.25) is 0 Å². The molecule has 0 amide bonds. The van der Waals surface area contributed by atoms with Gasteiger partial charge in [-0.2, -0.15) is 0 Å². The van der Waals surface area contributed by atoms with E-state index in [9.17, 15) is 0 Å². The first-order valence-corrected chi connectivity index (χ1v) is 6.76. The molecule has 0 saturated carbocycles. The molecule has 1 aliphatic rings. The van der Waals surface area contributed by atoms with Crippen molar-refractivity contribution in [3.63, 3.8) is 0 Å². The minimum Gasteiger partial charge on any atom is -0.443 e. The van der Waals surface area contributed by atoms with Gasteiger partial charge in [-0.1, -0.05) is 6.07 Å². The Kier molecular flexibility index (Phi) is 4.07. The van der Waals surface area contributed by atoms with Gasteiger partial charge >= 0.3 is 0 Å². The monoisotopic (exact) mass is 261 g/mol. The minimum absolute atomic E-state index is 0.436. The Labute approximate surface area is 112 Å². The van der Waals surface area contributed by atoms with Gasteiger partial charge in [0.2, 0.25) is 0 Å². The lowest BCUT2D eigenvalue weighted by atomic mass is 10.1. The molecule has 1 aliphatic heterocycles. The third-order valence-electron chi connectivity index (χ3n) is 3.38. The highest BCUT2D eigenvalue weighted by Crippen LogP contribution is 2.14. The van der Waals surface area contributed by atoms with Crippen LogP contribution in [0.1, 0.15) is 5.56 Å². The largest absolute Gasteiger partial charge is 0.443 e. The zero-order valence-electron chi connectivity index (χ0n) is 10.9. The Morgan fingerprint density at radius 1 is 1.42 bits per heavy atom.